The topological polar surface area (TPSA) is 63.3 Å². The molecular weight excluding hydrogens is 178 g/mol. The van der Waals surface area contributed by atoms with Crippen molar-refractivity contribution < 1.29 is 9.90 Å². The minimum Gasteiger partial charge on any atom is -0.389 e. The van der Waals surface area contributed by atoms with Crippen molar-refractivity contribution in [1.82, 2.24) is 0 Å². The summed E-state index contributed by atoms with van der Waals surface area (Å²) in [6.07, 6.45) is -0.283. The Hall–Kier alpha value is -1.35. The van der Waals surface area contributed by atoms with E-state index >= 15 is 0 Å². The maximum absolute atomic E-state index is 10.8. The Kier molecular flexibility index (Phi) is 3.25. The van der Waals surface area contributed by atoms with Crippen LogP contribution in [0, 0.1) is 6.92 Å². The van der Waals surface area contributed by atoms with Crippen LogP contribution in [0.5, 0.6) is 0 Å². The summed E-state index contributed by atoms with van der Waals surface area (Å²) in [5, 5.41) is 9.36. The summed E-state index contributed by atoms with van der Waals surface area (Å²) < 4.78 is 0. The lowest BCUT2D eigenvalue weighted by Crippen LogP contribution is -2.14. The molecule has 0 saturated heterocycles. The molecule has 1 aromatic carbocycles. The highest BCUT2D eigenvalue weighted by Gasteiger charge is 2.06. The monoisotopic (exact) mass is 193 g/mol. The molecule has 3 heteroatoms. The summed E-state index contributed by atoms with van der Waals surface area (Å²) in [5.74, 6) is -0.351. The van der Waals surface area contributed by atoms with Crippen LogP contribution in [0.4, 0.5) is 0 Å². The van der Waals surface area contributed by atoms with Crippen molar-refractivity contribution in [3.8, 4) is 0 Å². The fraction of sp³-hybridized carbons (Fsp3) is 0.364. The van der Waals surface area contributed by atoms with E-state index in [0.29, 0.717) is 0 Å². The number of aryl methyl sites for hydroxylation is 1. The Morgan fingerprint density at radius 3 is 2.71 bits per heavy atom. The Morgan fingerprint density at radius 1 is 1.57 bits per heavy atom. The fourth-order valence-corrected chi connectivity index (χ4v) is 1.33. The molecule has 0 aliphatic rings. The maximum atomic E-state index is 10.8. The van der Waals surface area contributed by atoms with Crippen LogP contribution in [-0.4, -0.2) is 11.0 Å². The van der Waals surface area contributed by atoms with Crippen molar-refractivity contribution in [2.45, 2.75) is 26.4 Å². The molecule has 1 rings (SSSR count). The van der Waals surface area contributed by atoms with E-state index in [1.54, 1.807) is 6.92 Å². The van der Waals surface area contributed by atoms with E-state index in [-0.39, 0.29) is 12.3 Å². The molecule has 3 N–H and O–H groups in total. The molecule has 0 aromatic heterocycles. The zero-order valence-electron chi connectivity index (χ0n) is 8.45. The van der Waals surface area contributed by atoms with Crippen molar-refractivity contribution in [2.75, 3.05) is 0 Å². The first-order valence-corrected chi connectivity index (χ1v) is 4.56. The molecule has 0 aliphatic heterocycles. The van der Waals surface area contributed by atoms with Crippen LogP contribution in [0.1, 0.15) is 29.7 Å². The van der Waals surface area contributed by atoms with Gasteiger partial charge in [-0.25, -0.2) is 0 Å². The van der Waals surface area contributed by atoms with Gasteiger partial charge in [-0.15, -0.1) is 0 Å². The molecule has 3 nitrogen and oxygen atoms in total. The lowest BCUT2D eigenvalue weighted by atomic mass is 10.00. The van der Waals surface area contributed by atoms with Crippen molar-refractivity contribution in [3.63, 3.8) is 0 Å². The first-order valence-electron chi connectivity index (χ1n) is 4.56. The number of hydrogen-bond acceptors (Lipinski definition) is 2. The Morgan fingerprint density at radius 2 is 2.21 bits per heavy atom. The van der Waals surface area contributed by atoms with Gasteiger partial charge < -0.3 is 10.8 Å². The van der Waals surface area contributed by atoms with E-state index in [1.807, 2.05) is 25.1 Å². The number of primary amides is 1. The predicted octanol–water partition coefficient (Wildman–Crippen LogP) is 1.08. The third-order valence-electron chi connectivity index (χ3n) is 2.22. The van der Waals surface area contributed by atoms with Crippen LogP contribution in [0.25, 0.3) is 0 Å². The van der Waals surface area contributed by atoms with Gasteiger partial charge in [-0.2, -0.15) is 0 Å². The first-order chi connectivity index (χ1) is 6.50. The number of aliphatic hydroxyl groups excluding tert-OH is 1. The lowest BCUT2D eigenvalue weighted by molar-refractivity contribution is -0.117. The van der Waals surface area contributed by atoms with E-state index in [4.69, 9.17) is 5.73 Å². The van der Waals surface area contributed by atoms with Gasteiger partial charge in [0.1, 0.15) is 0 Å². The van der Waals surface area contributed by atoms with Gasteiger partial charge in [0, 0.05) is 0 Å². The smallest absolute Gasteiger partial charge is 0.221 e. The molecule has 14 heavy (non-hydrogen) atoms. The normalized spacial score (nSPS) is 12.5. The lowest BCUT2D eigenvalue weighted by Gasteiger charge is -2.09. The van der Waals surface area contributed by atoms with Crippen LogP contribution >= 0.6 is 0 Å². The molecule has 0 bridgehead atoms. The molecule has 0 spiro atoms. The quantitative estimate of drug-likeness (QED) is 0.754. The highest BCUT2D eigenvalue weighted by Crippen LogP contribution is 2.17. The van der Waals surface area contributed by atoms with E-state index < -0.39 is 6.10 Å². The molecule has 0 radical (unpaired) electrons. The second-order valence-corrected chi connectivity index (χ2v) is 3.50. The minimum atomic E-state index is -0.512. The first kappa shape index (κ1) is 10.7. The zero-order valence-corrected chi connectivity index (χ0v) is 8.45. The van der Waals surface area contributed by atoms with Crippen LogP contribution in [0.3, 0.4) is 0 Å². The second kappa shape index (κ2) is 4.24. The van der Waals surface area contributed by atoms with E-state index in [9.17, 15) is 9.90 Å². The van der Waals surface area contributed by atoms with Crippen molar-refractivity contribution >= 4 is 5.91 Å². The maximum Gasteiger partial charge on any atom is 0.221 e. The standard InChI is InChI=1S/C11H15NO2/c1-7-3-4-9(8(2)13)5-10(7)6-11(12)14/h3-5,8,13H,6H2,1-2H3,(H2,12,14)/t8-/m1/s1. The molecule has 76 valence electrons. The van der Waals surface area contributed by atoms with Crippen LogP contribution in [0.15, 0.2) is 18.2 Å². The number of rotatable bonds is 3. The van der Waals surface area contributed by atoms with Gasteiger partial charge in [0.05, 0.1) is 12.5 Å². The van der Waals surface area contributed by atoms with Gasteiger partial charge >= 0.3 is 0 Å². The summed E-state index contributed by atoms with van der Waals surface area (Å²) >= 11 is 0. The number of benzene rings is 1. The molecule has 0 heterocycles. The summed E-state index contributed by atoms with van der Waals surface area (Å²) in [5.41, 5.74) is 7.84. The highest BCUT2D eigenvalue weighted by atomic mass is 16.3. The predicted molar refractivity (Wildman–Crippen MR) is 54.7 cm³/mol. The van der Waals surface area contributed by atoms with Gasteiger partial charge in [0.25, 0.3) is 0 Å². The van der Waals surface area contributed by atoms with Gasteiger partial charge in [-0.3, -0.25) is 4.79 Å². The molecule has 0 aliphatic carbocycles. The van der Waals surface area contributed by atoms with Gasteiger partial charge in [-0.1, -0.05) is 18.2 Å². The number of hydrogen-bond donors (Lipinski definition) is 2. The molecule has 0 fully saturated rings. The molecule has 1 aromatic rings. The molecule has 1 atom stereocenters. The molecule has 0 unspecified atom stereocenters. The average molecular weight is 193 g/mol. The summed E-state index contributed by atoms with van der Waals surface area (Å²) in [7, 11) is 0. The number of aliphatic hydroxyl groups is 1. The number of carbonyl (C=O) groups excluding carboxylic acids is 1. The number of carbonyl (C=O) groups is 1. The number of nitrogens with two attached hydrogens (primary N) is 1. The minimum absolute atomic E-state index is 0.229. The van der Waals surface area contributed by atoms with Crippen molar-refractivity contribution in [2.24, 2.45) is 5.73 Å². The van der Waals surface area contributed by atoms with Crippen LogP contribution in [-0.2, 0) is 11.2 Å². The third-order valence-corrected chi connectivity index (χ3v) is 2.22. The van der Waals surface area contributed by atoms with Gasteiger partial charge in [0.2, 0.25) is 5.91 Å². The highest BCUT2D eigenvalue weighted by molar-refractivity contribution is 5.77. The number of amides is 1. The van der Waals surface area contributed by atoms with Crippen LogP contribution < -0.4 is 5.73 Å². The Labute approximate surface area is 83.6 Å². The van der Waals surface area contributed by atoms with Crippen molar-refractivity contribution in [3.05, 3.63) is 34.9 Å². The average Bonchev–Trinajstić information content (AvgIpc) is 2.07. The summed E-state index contributed by atoms with van der Waals surface area (Å²) in [4.78, 5) is 10.8. The third kappa shape index (κ3) is 2.57. The van der Waals surface area contributed by atoms with Gasteiger partial charge in [0.15, 0.2) is 0 Å². The second-order valence-electron chi connectivity index (χ2n) is 3.50. The van der Waals surface area contributed by atoms with E-state index in [2.05, 4.69) is 0 Å². The Bertz CT molecular complexity index is 345. The summed E-state index contributed by atoms with van der Waals surface area (Å²) in [6.45, 7) is 3.61. The van der Waals surface area contributed by atoms with E-state index in [1.165, 1.54) is 0 Å². The summed E-state index contributed by atoms with van der Waals surface area (Å²) in [6, 6.07) is 5.57. The molecule has 0 saturated carbocycles. The van der Waals surface area contributed by atoms with Crippen LogP contribution in [0.2, 0.25) is 0 Å². The largest absolute Gasteiger partial charge is 0.389 e. The van der Waals surface area contributed by atoms with Gasteiger partial charge in [-0.05, 0) is 30.5 Å². The Balaban J connectivity index is 3.02. The fourth-order valence-electron chi connectivity index (χ4n) is 1.33. The molecule has 1 amide bonds. The van der Waals surface area contributed by atoms with Crippen molar-refractivity contribution in [1.29, 1.82) is 0 Å². The molecular formula is C11H15NO2. The zero-order chi connectivity index (χ0) is 10.7. The SMILES string of the molecule is Cc1ccc([C@@H](C)O)cc1CC(N)=O. The van der Waals surface area contributed by atoms with E-state index in [0.717, 1.165) is 16.7 Å².